The van der Waals surface area contributed by atoms with Crippen molar-refractivity contribution < 1.29 is 4.74 Å². The van der Waals surface area contributed by atoms with E-state index in [1.54, 1.807) is 0 Å². The minimum absolute atomic E-state index is 0.0806. The molecule has 0 N–H and O–H groups in total. The van der Waals surface area contributed by atoms with Gasteiger partial charge in [-0.25, -0.2) is 0 Å². The molecule has 114 valence electrons. The highest BCUT2D eigenvalue weighted by Crippen LogP contribution is 2.51. The van der Waals surface area contributed by atoms with Gasteiger partial charge in [0.15, 0.2) is 0 Å². The molecule has 0 saturated carbocycles. The fourth-order valence-electron chi connectivity index (χ4n) is 3.99. The highest BCUT2D eigenvalue weighted by molar-refractivity contribution is 5.43. The maximum absolute atomic E-state index is 6.71. The molecule has 2 heteroatoms. The van der Waals surface area contributed by atoms with Crippen LogP contribution in [0, 0.1) is 0 Å². The van der Waals surface area contributed by atoms with Crippen molar-refractivity contribution in [3.63, 3.8) is 0 Å². The van der Waals surface area contributed by atoms with Crippen LogP contribution in [0.3, 0.4) is 0 Å². The number of rotatable bonds is 2. The summed E-state index contributed by atoms with van der Waals surface area (Å²) in [4.78, 5) is 2.52. The number of nitrogens with zero attached hydrogens (tertiary/aromatic N) is 1. The minimum atomic E-state index is -0.0806. The van der Waals surface area contributed by atoms with E-state index in [-0.39, 0.29) is 11.7 Å². The van der Waals surface area contributed by atoms with Gasteiger partial charge in [-0.3, -0.25) is 0 Å². The zero-order valence-corrected chi connectivity index (χ0v) is 13.2. The van der Waals surface area contributed by atoms with Crippen LogP contribution < -0.4 is 0 Å². The summed E-state index contributed by atoms with van der Waals surface area (Å²) in [5.41, 5.74) is 3.96. The fraction of sp³-hybridized carbons (Fsp3) is 0.400. The topological polar surface area (TPSA) is 12.5 Å². The number of benzene rings is 2. The second-order valence-electron chi connectivity index (χ2n) is 6.42. The van der Waals surface area contributed by atoms with Crippen molar-refractivity contribution in [2.24, 2.45) is 0 Å². The van der Waals surface area contributed by atoms with E-state index in [0.29, 0.717) is 0 Å². The SMILES string of the molecule is CCN1CCC2(CC1)O[C@@H](c1ccccc1)c1ccccc12. The molecule has 2 aromatic carbocycles. The van der Waals surface area contributed by atoms with Crippen LogP contribution in [-0.4, -0.2) is 24.5 Å². The van der Waals surface area contributed by atoms with Gasteiger partial charge in [0.2, 0.25) is 0 Å². The van der Waals surface area contributed by atoms with Gasteiger partial charge in [0.1, 0.15) is 6.10 Å². The second-order valence-corrected chi connectivity index (χ2v) is 6.42. The predicted molar refractivity (Wildman–Crippen MR) is 88.8 cm³/mol. The van der Waals surface area contributed by atoms with E-state index in [2.05, 4.69) is 66.4 Å². The van der Waals surface area contributed by atoms with Crippen LogP contribution in [0.4, 0.5) is 0 Å². The Balaban J connectivity index is 1.72. The lowest BCUT2D eigenvalue weighted by molar-refractivity contribution is -0.0962. The maximum Gasteiger partial charge on any atom is 0.109 e. The van der Waals surface area contributed by atoms with Crippen molar-refractivity contribution in [3.05, 3.63) is 71.3 Å². The van der Waals surface area contributed by atoms with E-state index in [4.69, 9.17) is 4.74 Å². The van der Waals surface area contributed by atoms with Crippen molar-refractivity contribution >= 4 is 0 Å². The Bertz CT molecular complexity index is 644. The molecule has 4 rings (SSSR count). The number of hydrogen-bond acceptors (Lipinski definition) is 2. The molecule has 1 saturated heterocycles. The number of ether oxygens (including phenoxy) is 1. The summed E-state index contributed by atoms with van der Waals surface area (Å²) >= 11 is 0. The molecule has 0 radical (unpaired) electrons. The Morgan fingerprint density at radius 3 is 2.41 bits per heavy atom. The number of likely N-dealkylation sites (tertiary alicyclic amines) is 1. The molecular weight excluding hydrogens is 270 g/mol. The first-order valence-electron chi connectivity index (χ1n) is 8.37. The molecule has 0 bridgehead atoms. The van der Waals surface area contributed by atoms with Crippen molar-refractivity contribution in [3.8, 4) is 0 Å². The third-order valence-electron chi connectivity index (χ3n) is 5.29. The molecule has 22 heavy (non-hydrogen) atoms. The first-order chi connectivity index (χ1) is 10.8. The average Bonchev–Trinajstić information content (AvgIpc) is 2.91. The summed E-state index contributed by atoms with van der Waals surface area (Å²) in [6.07, 6.45) is 2.29. The monoisotopic (exact) mass is 293 g/mol. The average molecular weight is 293 g/mol. The molecule has 0 aliphatic carbocycles. The summed E-state index contributed by atoms with van der Waals surface area (Å²) in [6, 6.07) is 19.5. The first-order valence-corrected chi connectivity index (χ1v) is 8.37. The molecule has 1 fully saturated rings. The lowest BCUT2D eigenvalue weighted by Crippen LogP contribution is -2.42. The van der Waals surface area contributed by atoms with Gasteiger partial charge in [0.05, 0.1) is 5.60 Å². The van der Waals surface area contributed by atoms with Gasteiger partial charge < -0.3 is 9.64 Å². The third kappa shape index (κ3) is 2.18. The van der Waals surface area contributed by atoms with Gasteiger partial charge in [-0.1, -0.05) is 61.5 Å². The standard InChI is InChI=1S/C20H23NO/c1-2-21-14-12-20(13-15-21)18-11-7-6-10-17(18)19(22-20)16-8-4-3-5-9-16/h3-11,19H,2,12-15H2,1H3/t19-/m0/s1. The number of piperidine rings is 1. The smallest absolute Gasteiger partial charge is 0.109 e. The largest absolute Gasteiger partial charge is 0.358 e. The summed E-state index contributed by atoms with van der Waals surface area (Å²) in [6.45, 7) is 5.65. The lowest BCUT2D eigenvalue weighted by atomic mass is 9.83. The van der Waals surface area contributed by atoms with Crippen LogP contribution in [0.25, 0.3) is 0 Å². The normalized spacial score (nSPS) is 23.6. The Morgan fingerprint density at radius 1 is 1.00 bits per heavy atom. The molecule has 2 heterocycles. The van der Waals surface area contributed by atoms with E-state index in [1.165, 1.54) is 16.7 Å². The quantitative estimate of drug-likeness (QED) is 0.826. The van der Waals surface area contributed by atoms with Gasteiger partial charge in [-0.2, -0.15) is 0 Å². The fourth-order valence-corrected chi connectivity index (χ4v) is 3.99. The highest BCUT2D eigenvalue weighted by Gasteiger charge is 2.46. The van der Waals surface area contributed by atoms with Crippen molar-refractivity contribution in [1.29, 1.82) is 0 Å². The van der Waals surface area contributed by atoms with Crippen molar-refractivity contribution in [2.45, 2.75) is 31.5 Å². The molecule has 0 unspecified atom stereocenters. The van der Waals surface area contributed by atoms with Crippen molar-refractivity contribution in [1.82, 2.24) is 4.90 Å². The molecule has 0 aromatic heterocycles. The summed E-state index contributed by atoms with van der Waals surface area (Å²) in [7, 11) is 0. The van der Waals surface area contributed by atoms with Gasteiger partial charge in [0.25, 0.3) is 0 Å². The lowest BCUT2D eigenvalue weighted by Gasteiger charge is -2.39. The van der Waals surface area contributed by atoms with Gasteiger partial charge in [-0.05, 0) is 36.1 Å². The summed E-state index contributed by atoms with van der Waals surface area (Å²) < 4.78 is 6.71. The van der Waals surface area contributed by atoms with Crippen LogP contribution in [0.2, 0.25) is 0 Å². The maximum atomic E-state index is 6.71. The molecule has 1 spiro atoms. The van der Waals surface area contributed by atoms with E-state index in [0.717, 1.165) is 32.5 Å². The molecule has 2 aliphatic rings. The third-order valence-corrected chi connectivity index (χ3v) is 5.29. The Labute approximate surface area is 132 Å². The molecule has 1 atom stereocenters. The van der Waals surface area contributed by atoms with Crippen LogP contribution in [0.5, 0.6) is 0 Å². The highest BCUT2D eigenvalue weighted by atomic mass is 16.5. The Hall–Kier alpha value is -1.64. The van der Waals surface area contributed by atoms with Crippen LogP contribution in [0.15, 0.2) is 54.6 Å². The summed E-state index contributed by atoms with van der Waals surface area (Å²) in [5.74, 6) is 0. The van der Waals surface area contributed by atoms with E-state index in [1.807, 2.05) is 0 Å². The van der Waals surface area contributed by atoms with Crippen molar-refractivity contribution in [2.75, 3.05) is 19.6 Å². The molecule has 2 aromatic rings. The van der Waals surface area contributed by atoms with E-state index >= 15 is 0 Å². The van der Waals surface area contributed by atoms with E-state index in [9.17, 15) is 0 Å². The summed E-state index contributed by atoms with van der Waals surface area (Å²) in [5, 5.41) is 0. The van der Waals surface area contributed by atoms with Gasteiger partial charge >= 0.3 is 0 Å². The minimum Gasteiger partial charge on any atom is -0.358 e. The van der Waals surface area contributed by atoms with Crippen LogP contribution in [-0.2, 0) is 10.3 Å². The zero-order valence-electron chi connectivity index (χ0n) is 13.2. The predicted octanol–water partition coefficient (Wildman–Crippen LogP) is 4.12. The molecule has 2 nitrogen and oxygen atoms in total. The van der Waals surface area contributed by atoms with E-state index < -0.39 is 0 Å². The zero-order chi connectivity index (χ0) is 15.0. The Kier molecular flexibility index (Phi) is 3.51. The Morgan fingerprint density at radius 2 is 1.68 bits per heavy atom. The molecule has 0 amide bonds. The first kappa shape index (κ1) is 14.0. The second kappa shape index (κ2) is 5.53. The number of fused-ring (bicyclic) bond motifs is 2. The van der Waals surface area contributed by atoms with Crippen LogP contribution in [0.1, 0.15) is 42.6 Å². The molecular formula is C20H23NO. The van der Waals surface area contributed by atoms with Gasteiger partial charge in [0, 0.05) is 13.1 Å². The molecule has 2 aliphatic heterocycles. The number of hydrogen-bond donors (Lipinski definition) is 0. The van der Waals surface area contributed by atoms with Crippen LogP contribution >= 0.6 is 0 Å². The van der Waals surface area contributed by atoms with Gasteiger partial charge in [-0.15, -0.1) is 0 Å².